The van der Waals surface area contributed by atoms with Crippen LogP contribution in [0.3, 0.4) is 0 Å². The van der Waals surface area contributed by atoms with Crippen molar-refractivity contribution in [1.29, 1.82) is 0 Å². The lowest BCUT2D eigenvalue weighted by molar-refractivity contribution is -0.320. The number of esters is 1. The topological polar surface area (TPSA) is 508 Å². The quantitative estimate of drug-likeness (QED) is 0.0254. The van der Waals surface area contributed by atoms with Gasteiger partial charge in [0, 0.05) is 49.2 Å². The maximum atomic E-state index is 15.8. The van der Waals surface area contributed by atoms with Crippen LogP contribution in [0.15, 0.2) is 78.9 Å². The predicted octanol–water partition coefficient (Wildman–Crippen LogP) is 2.96. The normalized spacial score (nSPS) is 24.0. The van der Waals surface area contributed by atoms with Gasteiger partial charge < -0.3 is 131 Å². The summed E-state index contributed by atoms with van der Waals surface area (Å²) in [4.78, 5) is 125. The van der Waals surface area contributed by atoms with E-state index in [0.29, 0.717) is 12.7 Å². The van der Waals surface area contributed by atoms with Gasteiger partial charge in [-0.2, -0.15) is 0 Å². The van der Waals surface area contributed by atoms with Crippen LogP contribution >= 0.6 is 23.2 Å². The Balaban J connectivity index is 1.38. The minimum Gasteiger partial charge on any atom is -0.508 e. The highest BCUT2D eigenvalue weighted by Crippen LogP contribution is 2.49. The van der Waals surface area contributed by atoms with E-state index in [1.54, 1.807) is 13.8 Å². The third-order valence-electron chi connectivity index (χ3n) is 18.0. The molecule has 35 heteroatoms. The van der Waals surface area contributed by atoms with Crippen molar-refractivity contribution in [3.05, 3.63) is 117 Å². The Bertz CT molecular complexity index is 4090. The molecule has 0 radical (unpaired) electrons. The predicted molar refractivity (Wildman–Crippen MR) is 376 cm³/mol. The monoisotopic (exact) mass is 1540 g/mol. The van der Waals surface area contributed by atoms with Crippen molar-refractivity contribution in [3.8, 4) is 57.1 Å². The van der Waals surface area contributed by atoms with E-state index < -0.39 is 211 Å². The van der Waals surface area contributed by atoms with Gasteiger partial charge in [-0.25, -0.2) is 4.79 Å². The molecule has 5 aliphatic rings. The number of carbonyl (C=O) groups is 9. The van der Waals surface area contributed by atoms with Crippen LogP contribution in [-0.4, -0.2) is 200 Å². The van der Waals surface area contributed by atoms with Gasteiger partial charge in [-0.3, -0.25) is 28.8 Å². The van der Waals surface area contributed by atoms with Crippen LogP contribution in [0.5, 0.6) is 46.0 Å². The highest BCUT2D eigenvalue weighted by atomic mass is 35.5. The van der Waals surface area contributed by atoms with E-state index in [1.807, 2.05) is 13.8 Å². The van der Waals surface area contributed by atoms with Gasteiger partial charge >= 0.3 is 5.97 Å². The molecule has 6 amide bonds. The highest BCUT2D eigenvalue weighted by Gasteiger charge is 2.49. The van der Waals surface area contributed by atoms with Crippen LogP contribution in [0.4, 0.5) is 0 Å². The molecule has 13 unspecified atom stereocenters. The molecular weight excluding hydrogens is 1450 g/mol. The molecule has 5 heterocycles. The van der Waals surface area contributed by atoms with Crippen LogP contribution < -0.4 is 51.8 Å². The molecule has 0 aliphatic carbocycles. The van der Waals surface area contributed by atoms with E-state index in [2.05, 4.69) is 31.9 Å². The summed E-state index contributed by atoms with van der Waals surface area (Å²) in [6.45, 7) is 8.58. The number of primary amides is 1. The minimum atomic E-state index is -2.21. The average Bonchev–Trinajstić information content (AvgIpc) is 0.776. The number of halogens is 2. The third kappa shape index (κ3) is 20.5. The van der Waals surface area contributed by atoms with Crippen molar-refractivity contribution >= 4 is 77.2 Å². The van der Waals surface area contributed by atoms with Gasteiger partial charge in [0.25, 0.3) is 0 Å². The summed E-state index contributed by atoms with van der Waals surface area (Å²) >= 11 is 14.1. The number of phenols is 3. The number of benzene rings is 5. The summed E-state index contributed by atoms with van der Waals surface area (Å²) in [7, 11) is 2.46. The summed E-state index contributed by atoms with van der Waals surface area (Å²) in [6, 6.07) is 5.13. The van der Waals surface area contributed by atoms with Gasteiger partial charge in [0.05, 0.1) is 61.0 Å². The first-order chi connectivity index (χ1) is 50.6. The summed E-state index contributed by atoms with van der Waals surface area (Å²) < 4.78 is 48.6. The van der Waals surface area contributed by atoms with E-state index in [4.69, 9.17) is 66.8 Å². The lowest BCUT2D eigenvalue weighted by atomic mass is 9.90. The zero-order chi connectivity index (χ0) is 78.6. The number of nitrogens with two attached hydrogens (primary N) is 1. The Morgan fingerprint density at radius 3 is 1.99 bits per heavy atom. The second kappa shape index (κ2) is 36.5. The number of rotatable bonds is 23. The van der Waals surface area contributed by atoms with Crippen LogP contribution in [-0.2, 0) is 66.8 Å². The van der Waals surface area contributed by atoms with E-state index in [-0.39, 0.29) is 80.1 Å². The Morgan fingerprint density at radius 1 is 0.757 bits per heavy atom. The molecule has 0 aromatic heterocycles. The Kier molecular flexibility index (Phi) is 28.4. The number of methoxy groups -OCH3 is 2. The van der Waals surface area contributed by atoms with Crippen molar-refractivity contribution in [2.45, 2.75) is 177 Å². The first-order valence-electron chi connectivity index (χ1n) is 33.8. The molecule has 107 heavy (non-hydrogen) atoms. The summed E-state index contributed by atoms with van der Waals surface area (Å²) in [6.07, 6.45) is -20.2. The number of phenolic OH excluding ortho intramolecular Hbond substituents is 3. The van der Waals surface area contributed by atoms with Gasteiger partial charge in [-0.1, -0.05) is 55.2 Å². The van der Waals surface area contributed by atoms with Crippen molar-refractivity contribution in [2.24, 2.45) is 11.7 Å². The number of amides is 6. The number of fused-ring (bicyclic) bond motifs is 16. The lowest BCUT2D eigenvalue weighted by Gasteiger charge is -2.43. The minimum absolute atomic E-state index is 0.0111. The van der Waals surface area contributed by atoms with E-state index in [9.17, 15) is 79.5 Å². The van der Waals surface area contributed by atoms with Crippen molar-refractivity contribution in [3.63, 3.8) is 0 Å². The zero-order valence-electron chi connectivity index (χ0n) is 59.2. The fraction of sp³-hybridized carbons (Fsp3) is 0.458. The van der Waals surface area contributed by atoms with Gasteiger partial charge in [-0.05, 0) is 122 Å². The average molecular weight is 1540 g/mol. The van der Waals surface area contributed by atoms with E-state index in [0.717, 1.165) is 42.5 Å². The maximum Gasteiger partial charge on any atom is 0.336 e. The molecule has 9 bridgehead atoms. The largest absolute Gasteiger partial charge is 0.508 e. The first kappa shape index (κ1) is 83.3. The number of nitrogens with one attached hydrogen (secondary N) is 6. The smallest absolute Gasteiger partial charge is 0.336 e. The van der Waals surface area contributed by atoms with Gasteiger partial charge in [-0.15, -0.1) is 0 Å². The Labute approximate surface area is 623 Å². The molecule has 10 rings (SSSR count). The summed E-state index contributed by atoms with van der Waals surface area (Å²) in [5.74, 6) is -12.0. The molecule has 33 nitrogen and oxygen atoms in total. The van der Waals surface area contributed by atoms with E-state index in [1.165, 1.54) is 64.5 Å². The van der Waals surface area contributed by atoms with Gasteiger partial charge in [0.1, 0.15) is 89.9 Å². The molecule has 5 aliphatic heterocycles. The van der Waals surface area contributed by atoms with Gasteiger partial charge in [0.2, 0.25) is 47.5 Å². The fourth-order valence-corrected chi connectivity index (χ4v) is 12.6. The SMILES string of the molecule is COC(=O)C(CNC(C)(C)C(O)C(C)OC(C)OC1C(Oc2c3cc4cc2Oc2ccc(cc2Cl)[C@@H](O)CC(=O)NC(C=O)c2cc(O)cc(O)c2-c2cc(ccc2O)[C@H](CC=O)NC(=O)C4NC(=O)C(CC(N)=O)NC(=O)[C@@H](NC(=O)CCC(C)C)C(O)c2ccc(c(Cl)c2)O3)OC(CO)C(O)C1O)OC. The number of hydrogen-bond acceptors (Lipinski definition) is 27. The second-order valence-electron chi connectivity index (χ2n) is 26.7. The molecule has 1 saturated heterocycles. The fourth-order valence-electron chi connectivity index (χ4n) is 12.2. The molecule has 17 N–H and O–H groups in total. The van der Waals surface area contributed by atoms with E-state index >= 15 is 9.59 Å². The number of aliphatic hydroxyl groups is 6. The van der Waals surface area contributed by atoms with Crippen LogP contribution in [0.2, 0.25) is 10.0 Å². The molecule has 1 fully saturated rings. The molecular formula is C72H87Cl2N7O26. The van der Waals surface area contributed by atoms with Crippen LogP contribution in [0.1, 0.15) is 132 Å². The van der Waals surface area contributed by atoms with Crippen LogP contribution in [0, 0.1) is 5.92 Å². The Morgan fingerprint density at radius 2 is 1.39 bits per heavy atom. The molecule has 5 aromatic carbocycles. The molecule has 16 atom stereocenters. The number of carbonyl (C=O) groups excluding carboxylic acids is 9. The number of ether oxygens (including phenoxy) is 8. The van der Waals surface area contributed by atoms with Crippen LogP contribution in [0.25, 0.3) is 11.1 Å². The number of aromatic hydroxyl groups is 3. The molecule has 5 aromatic rings. The van der Waals surface area contributed by atoms with Gasteiger partial charge in [0.15, 0.2) is 30.0 Å². The van der Waals surface area contributed by atoms with Crippen molar-refractivity contribution < 1.29 is 127 Å². The summed E-state index contributed by atoms with van der Waals surface area (Å²) in [5.41, 5.74) is 2.88. The number of aldehydes is 2. The molecule has 580 valence electrons. The van der Waals surface area contributed by atoms with Crippen molar-refractivity contribution in [1.82, 2.24) is 31.9 Å². The molecule has 0 saturated carbocycles. The first-order valence-corrected chi connectivity index (χ1v) is 34.5. The lowest BCUT2D eigenvalue weighted by Crippen LogP contribution is -2.62. The zero-order valence-corrected chi connectivity index (χ0v) is 60.7. The highest BCUT2D eigenvalue weighted by molar-refractivity contribution is 6.32. The number of hydrogen-bond donors (Lipinski definition) is 16. The number of aliphatic hydroxyl groups excluding tert-OH is 6. The summed E-state index contributed by atoms with van der Waals surface area (Å²) in [5, 5.41) is 119. The third-order valence-corrected chi connectivity index (χ3v) is 18.6. The van der Waals surface area contributed by atoms with Crippen molar-refractivity contribution in [2.75, 3.05) is 27.4 Å². The Hall–Kier alpha value is -9.33. The molecule has 0 spiro atoms. The second-order valence-corrected chi connectivity index (χ2v) is 27.5. The standard InChI is InChI=1S/C72H87Cl2N7O26/c1-31(2)9-16-56(90)80-60-61(92)36-12-15-50(42(74)21-36)105-52-23-37-22-51(64(52)107-71-65(63(94)62(93)54(30-84)106-71)103-33(4)102-32(3)66(95)72(5,6)76-28-53(100-7)70(99)101-8)104-49-14-11-35(20-41(49)73)47(87)27-57(91)77-45(29-83)39-24-38(85)25-48(88)58(39)40-19-34(10-13-46(40)86)43(17-18-82)78-68(97)59(37)81-67(96)44(26-55(75)89)79-69(60)98/h10-15,18-25,29,31-33,43-45,47,53-54,59-63,65-66,71,76,84-88,92-95H,9,16-17,26-28,30H2,1-8H3,(H2,75,89)(H,77,91)(H,78,97)(H,79,98)(H,80,90)(H,81,96)/t32?,33?,43-,44?,45?,47-,53?,54?,59?,60-,61?,62?,63?,65?,66?,71?/m0/s1. The maximum absolute atomic E-state index is 15.8.